The Kier molecular flexibility index (Phi) is 5.97. The van der Waals surface area contributed by atoms with Crippen molar-refractivity contribution < 1.29 is 14.7 Å². The molecule has 1 fully saturated rings. The van der Waals surface area contributed by atoms with Crippen molar-refractivity contribution in [3.05, 3.63) is 11.6 Å². The third kappa shape index (κ3) is 4.66. The van der Waals surface area contributed by atoms with E-state index in [2.05, 4.69) is 30.5 Å². The molecule has 2 N–H and O–H groups in total. The summed E-state index contributed by atoms with van der Waals surface area (Å²) >= 11 is 0. The second-order valence-corrected chi connectivity index (χ2v) is 7.35. The van der Waals surface area contributed by atoms with Gasteiger partial charge in [-0.15, -0.1) is 0 Å². The van der Waals surface area contributed by atoms with Crippen LogP contribution in [0.2, 0.25) is 0 Å². The van der Waals surface area contributed by atoms with Crippen LogP contribution in [0.4, 0.5) is 0 Å². The zero-order valence-electron chi connectivity index (χ0n) is 14.2. The smallest absolute Gasteiger partial charge is 0.303 e. The molecule has 0 aromatic carbocycles. The zero-order valence-corrected chi connectivity index (χ0v) is 14.2. The fraction of sp³-hybridized carbons (Fsp3) is 0.722. The van der Waals surface area contributed by atoms with Crippen molar-refractivity contribution in [2.24, 2.45) is 22.4 Å². The van der Waals surface area contributed by atoms with Crippen molar-refractivity contribution in [1.29, 1.82) is 0 Å². The standard InChI is InChI=1S/C18H28N2O3/c1-18(2)14-10-9-13(15(18)11-14)12-19-20-16(21)7-5-3-4-6-8-17(22)23/h9,12,14-15H,3-8,10-11H2,1-2H3,(H,20,21)(H,22,23)/b19-12-/t14-,15-/m0/s1. The van der Waals surface area contributed by atoms with Gasteiger partial charge in [0.15, 0.2) is 0 Å². The summed E-state index contributed by atoms with van der Waals surface area (Å²) in [6, 6.07) is 0. The summed E-state index contributed by atoms with van der Waals surface area (Å²) in [5, 5.41) is 12.6. The Morgan fingerprint density at radius 3 is 2.61 bits per heavy atom. The first-order valence-corrected chi connectivity index (χ1v) is 8.65. The van der Waals surface area contributed by atoms with Crippen LogP contribution in [0.15, 0.2) is 16.8 Å². The lowest BCUT2D eigenvalue weighted by Crippen LogP contribution is -2.48. The van der Waals surface area contributed by atoms with Crippen molar-refractivity contribution in [1.82, 2.24) is 5.43 Å². The molecular weight excluding hydrogens is 292 g/mol. The van der Waals surface area contributed by atoms with Crippen LogP contribution in [-0.2, 0) is 9.59 Å². The number of allylic oxidation sites excluding steroid dienone is 2. The highest BCUT2D eigenvalue weighted by Crippen LogP contribution is 2.58. The second kappa shape index (κ2) is 7.75. The third-order valence-electron chi connectivity index (χ3n) is 5.46. The average Bonchev–Trinajstić information content (AvgIpc) is 2.50. The minimum atomic E-state index is -0.755. The van der Waals surface area contributed by atoms with Crippen LogP contribution in [-0.4, -0.2) is 23.2 Å². The van der Waals surface area contributed by atoms with Gasteiger partial charge >= 0.3 is 5.97 Å². The van der Waals surface area contributed by atoms with Gasteiger partial charge < -0.3 is 5.11 Å². The van der Waals surface area contributed by atoms with Gasteiger partial charge in [0.05, 0.1) is 6.21 Å². The van der Waals surface area contributed by atoms with Crippen LogP contribution < -0.4 is 5.43 Å². The van der Waals surface area contributed by atoms with Gasteiger partial charge in [0.25, 0.3) is 0 Å². The summed E-state index contributed by atoms with van der Waals surface area (Å²) in [7, 11) is 0. The maximum absolute atomic E-state index is 11.7. The van der Waals surface area contributed by atoms with E-state index in [1.165, 1.54) is 12.0 Å². The van der Waals surface area contributed by atoms with E-state index in [-0.39, 0.29) is 12.3 Å². The van der Waals surface area contributed by atoms with Crippen LogP contribution in [0.3, 0.4) is 0 Å². The number of carboxylic acid groups (broad SMARTS) is 1. The fourth-order valence-electron chi connectivity index (χ4n) is 3.69. The minimum Gasteiger partial charge on any atom is -0.481 e. The first-order valence-electron chi connectivity index (χ1n) is 8.65. The van der Waals surface area contributed by atoms with E-state index >= 15 is 0 Å². The molecule has 5 heteroatoms. The molecule has 0 aromatic rings. The number of unbranched alkanes of at least 4 members (excludes halogenated alkanes) is 3. The van der Waals surface area contributed by atoms with Crippen molar-refractivity contribution in [2.45, 2.75) is 65.2 Å². The molecule has 23 heavy (non-hydrogen) atoms. The maximum atomic E-state index is 11.7. The maximum Gasteiger partial charge on any atom is 0.303 e. The van der Waals surface area contributed by atoms with Crippen LogP contribution in [0, 0.1) is 17.3 Å². The molecule has 3 rings (SSSR count). The molecule has 128 valence electrons. The highest BCUT2D eigenvalue weighted by atomic mass is 16.4. The van der Waals surface area contributed by atoms with Gasteiger partial charge in [0.2, 0.25) is 5.91 Å². The van der Waals surface area contributed by atoms with E-state index in [9.17, 15) is 9.59 Å². The van der Waals surface area contributed by atoms with Gasteiger partial charge in [-0.25, -0.2) is 5.43 Å². The number of carbonyl (C=O) groups is 2. The Hall–Kier alpha value is -1.65. The number of rotatable bonds is 9. The Morgan fingerprint density at radius 2 is 2.00 bits per heavy atom. The molecule has 0 radical (unpaired) electrons. The SMILES string of the molecule is CC1(C)[C@H]2CC=C(/C=N\NC(=O)CCCCCCC(=O)O)[C@@H]1C2. The van der Waals surface area contributed by atoms with Gasteiger partial charge in [0, 0.05) is 12.8 Å². The van der Waals surface area contributed by atoms with Crippen LogP contribution >= 0.6 is 0 Å². The van der Waals surface area contributed by atoms with Crippen LogP contribution in [0.5, 0.6) is 0 Å². The molecule has 3 aliphatic rings. The number of nitrogens with one attached hydrogen (secondary N) is 1. The van der Waals surface area contributed by atoms with Crippen molar-refractivity contribution >= 4 is 18.1 Å². The monoisotopic (exact) mass is 320 g/mol. The van der Waals surface area contributed by atoms with E-state index in [0.717, 1.165) is 31.6 Å². The molecule has 5 nitrogen and oxygen atoms in total. The summed E-state index contributed by atoms with van der Waals surface area (Å²) in [5.74, 6) is 0.563. The lowest BCUT2D eigenvalue weighted by molar-refractivity contribution is -0.137. The first kappa shape index (κ1) is 17.7. The summed E-state index contributed by atoms with van der Waals surface area (Å²) in [5.41, 5.74) is 4.23. The number of carbonyl (C=O) groups excluding carboxylic acids is 1. The highest BCUT2D eigenvalue weighted by Gasteiger charge is 2.50. The molecule has 2 atom stereocenters. The summed E-state index contributed by atoms with van der Waals surface area (Å²) in [6.07, 6.45) is 10.3. The number of aliphatic carboxylic acids is 1. The minimum absolute atomic E-state index is 0.0679. The predicted octanol–water partition coefficient (Wildman–Crippen LogP) is 3.51. The lowest BCUT2D eigenvalue weighted by Gasteiger charge is -2.55. The van der Waals surface area contributed by atoms with E-state index < -0.39 is 5.97 Å². The van der Waals surface area contributed by atoms with Crippen molar-refractivity contribution in [3.63, 3.8) is 0 Å². The third-order valence-corrected chi connectivity index (χ3v) is 5.46. The number of fused-ring (bicyclic) bond motifs is 1. The Balaban J connectivity index is 1.60. The number of nitrogens with zero attached hydrogens (tertiary/aromatic N) is 1. The Labute approximate surface area is 138 Å². The summed E-state index contributed by atoms with van der Waals surface area (Å²) in [6.45, 7) is 4.63. The van der Waals surface area contributed by atoms with Gasteiger partial charge in [-0.1, -0.05) is 32.8 Å². The van der Waals surface area contributed by atoms with Gasteiger partial charge in [0.1, 0.15) is 0 Å². The predicted molar refractivity (Wildman–Crippen MR) is 90.1 cm³/mol. The second-order valence-electron chi connectivity index (χ2n) is 7.35. The largest absolute Gasteiger partial charge is 0.481 e. The lowest BCUT2D eigenvalue weighted by atomic mass is 9.49. The Bertz CT molecular complexity index is 508. The quantitative estimate of drug-likeness (QED) is 0.388. The zero-order chi connectivity index (χ0) is 16.9. The van der Waals surface area contributed by atoms with Gasteiger partial charge in [-0.3, -0.25) is 9.59 Å². The van der Waals surface area contributed by atoms with E-state index in [1.807, 2.05) is 6.21 Å². The molecule has 1 amide bonds. The van der Waals surface area contributed by atoms with Crippen molar-refractivity contribution in [3.8, 4) is 0 Å². The number of hydrazone groups is 1. The molecule has 3 aliphatic carbocycles. The fourth-order valence-corrected chi connectivity index (χ4v) is 3.69. The van der Waals surface area contributed by atoms with E-state index in [1.54, 1.807) is 0 Å². The van der Waals surface area contributed by atoms with Gasteiger partial charge in [-0.2, -0.15) is 5.10 Å². The average molecular weight is 320 g/mol. The van der Waals surface area contributed by atoms with Crippen molar-refractivity contribution in [2.75, 3.05) is 0 Å². The van der Waals surface area contributed by atoms with Crippen LogP contribution in [0.1, 0.15) is 65.2 Å². The van der Waals surface area contributed by atoms with E-state index in [0.29, 0.717) is 24.2 Å². The number of amides is 1. The molecule has 0 spiro atoms. The number of hydrogen-bond donors (Lipinski definition) is 2. The molecule has 1 saturated carbocycles. The van der Waals surface area contributed by atoms with E-state index in [4.69, 9.17) is 5.11 Å². The van der Waals surface area contributed by atoms with Gasteiger partial charge in [-0.05, 0) is 48.5 Å². The first-order chi connectivity index (χ1) is 10.9. The molecule has 0 aromatic heterocycles. The number of carboxylic acids is 1. The molecule has 0 heterocycles. The topological polar surface area (TPSA) is 78.8 Å². The molecule has 0 saturated heterocycles. The molecule has 0 unspecified atom stereocenters. The van der Waals surface area contributed by atoms with Crippen LogP contribution in [0.25, 0.3) is 0 Å². The summed E-state index contributed by atoms with van der Waals surface area (Å²) < 4.78 is 0. The highest BCUT2D eigenvalue weighted by molar-refractivity contribution is 5.83. The Morgan fingerprint density at radius 1 is 1.30 bits per heavy atom. The normalized spacial score (nSPS) is 24.9. The number of hydrogen-bond acceptors (Lipinski definition) is 3. The molecule has 0 aliphatic heterocycles. The molecule has 2 bridgehead atoms. The summed E-state index contributed by atoms with van der Waals surface area (Å²) in [4.78, 5) is 22.1. The molecular formula is C18H28N2O3.